The lowest BCUT2D eigenvalue weighted by molar-refractivity contribution is 0.132. The lowest BCUT2D eigenvalue weighted by Gasteiger charge is -2.28. The van der Waals surface area contributed by atoms with Gasteiger partial charge in [-0.3, -0.25) is 0 Å². The second-order valence-electron chi connectivity index (χ2n) is 4.15. The number of rotatable bonds is 1. The molecule has 0 aromatic heterocycles. The zero-order valence-electron chi connectivity index (χ0n) is 8.48. The Balaban J connectivity index is 1.95. The van der Waals surface area contributed by atoms with E-state index in [1.165, 1.54) is 0 Å². The number of carbonyl (C=O) groups is 1. The third-order valence-electron chi connectivity index (χ3n) is 3.21. The maximum atomic E-state index is 12.0. The van der Waals surface area contributed by atoms with Gasteiger partial charge in [0.25, 0.3) is 0 Å². The van der Waals surface area contributed by atoms with E-state index in [1.54, 1.807) is 0 Å². The summed E-state index contributed by atoms with van der Waals surface area (Å²) in [4.78, 5) is 15.7. The van der Waals surface area contributed by atoms with E-state index in [-0.39, 0.29) is 18.7 Å². The van der Waals surface area contributed by atoms with Crippen molar-refractivity contribution in [2.45, 2.75) is 31.7 Å². The molecule has 0 aromatic rings. The van der Waals surface area contributed by atoms with E-state index in [0.29, 0.717) is 0 Å². The topological polar surface area (TPSA) is 43.8 Å². The van der Waals surface area contributed by atoms with E-state index < -0.39 is 0 Å². The third kappa shape index (κ3) is 1.71. The van der Waals surface area contributed by atoms with E-state index in [9.17, 15) is 4.79 Å². The fourth-order valence-corrected chi connectivity index (χ4v) is 2.37. The van der Waals surface area contributed by atoms with Crippen LogP contribution in [-0.4, -0.2) is 53.2 Å². The Hall–Kier alpha value is -0.770. The molecular weight excluding hydrogens is 180 g/mol. The number of nitrogens with zero attached hydrogens (tertiary/aromatic N) is 2. The van der Waals surface area contributed by atoms with Crippen molar-refractivity contribution in [3.05, 3.63) is 0 Å². The van der Waals surface area contributed by atoms with Crippen molar-refractivity contribution in [3.8, 4) is 0 Å². The van der Waals surface area contributed by atoms with E-state index in [1.807, 2.05) is 9.80 Å². The third-order valence-corrected chi connectivity index (χ3v) is 3.21. The van der Waals surface area contributed by atoms with Crippen molar-refractivity contribution in [1.29, 1.82) is 0 Å². The van der Waals surface area contributed by atoms with Crippen molar-refractivity contribution in [1.82, 2.24) is 9.80 Å². The van der Waals surface area contributed by atoms with Gasteiger partial charge in [0.1, 0.15) is 0 Å². The molecule has 0 unspecified atom stereocenters. The fourth-order valence-electron chi connectivity index (χ4n) is 2.37. The first-order valence-electron chi connectivity index (χ1n) is 5.49. The molecule has 1 N–H and O–H groups in total. The van der Waals surface area contributed by atoms with Gasteiger partial charge in [-0.15, -0.1) is 0 Å². The Morgan fingerprint density at radius 2 is 1.93 bits per heavy atom. The molecule has 2 saturated heterocycles. The van der Waals surface area contributed by atoms with Crippen LogP contribution in [0.25, 0.3) is 0 Å². The summed E-state index contributed by atoms with van der Waals surface area (Å²) in [6.07, 6.45) is 4.24. The molecule has 0 aliphatic carbocycles. The molecule has 0 spiro atoms. The van der Waals surface area contributed by atoms with Crippen LogP contribution >= 0.6 is 0 Å². The Labute approximate surface area is 84.5 Å². The SMILES string of the molecule is O=C(N1CCCC1)N1CCC[C@@H]1CO. The number of aliphatic hydroxyl groups is 1. The predicted octanol–water partition coefficient (Wildman–Crippen LogP) is 0.659. The number of hydrogen-bond acceptors (Lipinski definition) is 2. The van der Waals surface area contributed by atoms with Crippen LogP contribution < -0.4 is 0 Å². The van der Waals surface area contributed by atoms with Crippen molar-refractivity contribution >= 4 is 6.03 Å². The summed E-state index contributed by atoms with van der Waals surface area (Å²) in [5, 5.41) is 9.12. The first-order chi connectivity index (χ1) is 6.83. The molecule has 2 fully saturated rings. The second-order valence-corrected chi connectivity index (χ2v) is 4.15. The van der Waals surface area contributed by atoms with Gasteiger partial charge in [-0.05, 0) is 25.7 Å². The van der Waals surface area contributed by atoms with E-state index >= 15 is 0 Å². The highest BCUT2D eigenvalue weighted by molar-refractivity contribution is 5.75. The van der Waals surface area contributed by atoms with Crippen LogP contribution in [-0.2, 0) is 0 Å². The highest BCUT2D eigenvalue weighted by atomic mass is 16.3. The maximum Gasteiger partial charge on any atom is 0.320 e. The fraction of sp³-hybridized carbons (Fsp3) is 0.900. The average Bonchev–Trinajstić information content (AvgIpc) is 2.87. The number of aliphatic hydroxyl groups excluding tert-OH is 1. The Bertz CT molecular complexity index is 214. The maximum absolute atomic E-state index is 12.0. The van der Waals surface area contributed by atoms with Crippen LogP contribution in [0.2, 0.25) is 0 Å². The number of hydrogen-bond donors (Lipinski definition) is 1. The Morgan fingerprint density at radius 3 is 2.57 bits per heavy atom. The molecule has 2 heterocycles. The molecule has 0 aromatic carbocycles. The van der Waals surface area contributed by atoms with Gasteiger partial charge in [-0.25, -0.2) is 4.79 Å². The summed E-state index contributed by atoms with van der Waals surface area (Å²) in [5.41, 5.74) is 0. The molecule has 4 heteroatoms. The van der Waals surface area contributed by atoms with Gasteiger partial charge in [0.05, 0.1) is 12.6 Å². The minimum atomic E-state index is 0.0723. The number of amides is 2. The molecule has 0 saturated carbocycles. The lowest BCUT2D eigenvalue weighted by atomic mass is 10.2. The number of likely N-dealkylation sites (tertiary alicyclic amines) is 2. The minimum Gasteiger partial charge on any atom is -0.394 e. The van der Waals surface area contributed by atoms with Gasteiger partial charge in [-0.1, -0.05) is 0 Å². The predicted molar refractivity (Wildman–Crippen MR) is 53.0 cm³/mol. The van der Waals surface area contributed by atoms with Crippen LogP contribution in [0.5, 0.6) is 0 Å². The molecule has 0 radical (unpaired) electrons. The second kappa shape index (κ2) is 4.17. The average molecular weight is 198 g/mol. The van der Waals surface area contributed by atoms with Crippen LogP contribution in [0.4, 0.5) is 4.79 Å². The summed E-state index contributed by atoms with van der Waals surface area (Å²) in [6.45, 7) is 2.72. The van der Waals surface area contributed by atoms with Crippen LogP contribution in [0.3, 0.4) is 0 Å². The van der Waals surface area contributed by atoms with Gasteiger partial charge >= 0.3 is 6.03 Å². The van der Waals surface area contributed by atoms with Gasteiger partial charge in [0.15, 0.2) is 0 Å². The zero-order valence-corrected chi connectivity index (χ0v) is 8.48. The normalized spacial score (nSPS) is 27.4. The van der Waals surface area contributed by atoms with Crippen molar-refractivity contribution in [3.63, 3.8) is 0 Å². The van der Waals surface area contributed by atoms with Crippen LogP contribution in [0.15, 0.2) is 0 Å². The summed E-state index contributed by atoms with van der Waals surface area (Å²) < 4.78 is 0. The highest BCUT2D eigenvalue weighted by Gasteiger charge is 2.31. The molecule has 2 amide bonds. The summed E-state index contributed by atoms with van der Waals surface area (Å²) >= 11 is 0. The van der Waals surface area contributed by atoms with Crippen LogP contribution in [0.1, 0.15) is 25.7 Å². The number of urea groups is 1. The molecule has 2 rings (SSSR count). The molecule has 2 aliphatic heterocycles. The standard InChI is InChI=1S/C10H18N2O2/c13-8-9-4-3-7-12(9)10(14)11-5-1-2-6-11/h9,13H,1-8H2/t9-/m1/s1. The lowest BCUT2D eigenvalue weighted by Crippen LogP contribution is -2.45. The van der Waals surface area contributed by atoms with Crippen molar-refractivity contribution in [2.24, 2.45) is 0 Å². The summed E-state index contributed by atoms with van der Waals surface area (Å²) in [5.74, 6) is 0. The largest absolute Gasteiger partial charge is 0.394 e. The molecule has 2 aliphatic rings. The van der Waals surface area contributed by atoms with Crippen molar-refractivity contribution < 1.29 is 9.90 Å². The smallest absolute Gasteiger partial charge is 0.320 e. The van der Waals surface area contributed by atoms with Crippen LogP contribution in [0, 0.1) is 0 Å². The molecule has 14 heavy (non-hydrogen) atoms. The van der Waals surface area contributed by atoms with Gasteiger partial charge in [-0.2, -0.15) is 0 Å². The minimum absolute atomic E-state index is 0.0723. The molecule has 1 atom stereocenters. The molecule has 4 nitrogen and oxygen atoms in total. The van der Waals surface area contributed by atoms with E-state index in [4.69, 9.17) is 5.11 Å². The van der Waals surface area contributed by atoms with Gasteiger partial charge in [0, 0.05) is 19.6 Å². The molecular formula is C10H18N2O2. The zero-order chi connectivity index (χ0) is 9.97. The van der Waals surface area contributed by atoms with Gasteiger partial charge < -0.3 is 14.9 Å². The van der Waals surface area contributed by atoms with E-state index in [2.05, 4.69) is 0 Å². The quantitative estimate of drug-likeness (QED) is 0.672. The Morgan fingerprint density at radius 1 is 1.21 bits per heavy atom. The van der Waals surface area contributed by atoms with E-state index in [0.717, 1.165) is 45.3 Å². The monoisotopic (exact) mass is 198 g/mol. The summed E-state index contributed by atoms with van der Waals surface area (Å²) in [7, 11) is 0. The molecule has 80 valence electrons. The number of carbonyl (C=O) groups excluding carboxylic acids is 1. The highest BCUT2D eigenvalue weighted by Crippen LogP contribution is 2.20. The van der Waals surface area contributed by atoms with Crippen molar-refractivity contribution in [2.75, 3.05) is 26.2 Å². The van der Waals surface area contributed by atoms with Gasteiger partial charge in [0.2, 0.25) is 0 Å². The summed E-state index contributed by atoms with van der Waals surface area (Å²) in [6, 6.07) is 0.210. The first-order valence-corrected chi connectivity index (χ1v) is 5.49. The molecule has 0 bridgehead atoms. The first kappa shape index (κ1) is 9.77. The Kier molecular flexibility index (Phi) is 2.91.